The van der Waals surface area contributed by atoms with Gasteiger partial charge in [-0.05, 0) is 25.1 Å². The highest BCUT2D eigenvalue weighted by atomic mass is 16.5. The zero-order chi connectivity index (χ0) is 11.9. The Morgan fingerprint density at radius 3 is 2.81 bits per heavy atom. The van der Waals surface area contributed by atoms with Crippen LogP contribution in [0.3, 0.4) is 0 Å². The highest BCUT2D eigenvalue weighted by Crippen LogP contribution is 2.35. The third-order valence-corrected chi connectivity index (χ3v) is 2.32. The number of hydrogen-bond acceptors (Lipinski definition) is 4. The molecule has 1 aliphatic rings. The lowest BCUT2D eigenvalue weighted by molar-refractivity contribution is -0.124. The van der Waals surface area contributed by atoms with Gasteiger partial charge in [-0.3, -0.25) is 4.79 Å². The molecule has 3 amide bonds. The number of rotatable bonds is 0. The van der Waals surface area contributed by atoms with Gasteiger partial charge in [0, 0.05) is 5.69 Å². The quantitative estimate of drug-likeness (QED) is 0.622. The van der Waals surface area contributed by atoms with Crippen LogP contribution >= 0.6 is 0 Å². The number of nitrogens with two attached hydrogens (primary N) is 2. The number of anilines is 2. The van der Waals surface area contributed by atoms with E-state index in [9.17, 15) is 9.59 Å². The maximum Gasteiger partial charge on any atom is 0.326 e. The van der Waals surface area contributed by atoms with Crippen molar-refractivity contribution in [3.05, 3.63) is 18.2 Å². The summed E-state index contributed by atoms with van der Waals surface area (Å²) >= 11 is 0. The maximum absolute atomic E-state index is 11.7. The average Bonchev–Trinajstić information content (AvgIpc) is 2.20. The van der Waals surface area contributed by atoms with Gasteiger partial charge < -0.3 is 16.2 Å². The van der Waals surface area contributed by atoms with E-state index in [2.05, 4.69) is 0 Å². The van der Waals surface area contributed by atoms with Gasteiger partial charge in [0.05, 0.1) is 5.69 Å². The zero-order valence-electron chi connectivity index (χ0n) is 8.64. The lowest BCUT2D eigenvalue weighted by Crippen LogP contribution is -2.49. The molecule has 1 aromatic carbocycles. The first-order chi connectivity index (χ1) is 7.50. The third kappa shape index (κ3) is 1.44. The van der Waals surface area contributed by atoms with Crippen molar-refractivity contribution >= 4 is 23.3 Å². The molecule has 0 aliphatic carbocycles. The Hall–Kier alpha value is -2.24. The molecule has 6 nitrogen and oxygen atoms in total. The highest BCUT2D eigenvalue weighted by molar-refractivity contribution is 6.17. The summed E-state index contributed by atoms with van der Waals surface area (Å²) in [6, 6.07) is 3.86. The molecule has 0 spiro atoms. The van der Waals surface area contributed by atoms with E-state index in [1.165, 1.54) is 6.07 Å². The van der Waals surface area contributed by atoms with Crippen LogP contribution in [0, 0.1) is 0 Å². The molecule has 1 aromatic rings. The van der Waals surface area contributed by atoms with Crippen molar-refractivity contribution in [1.29, 1.82) is 0 Å². The molecular weight excluding hydrogens is 210 g/mol. The molecule has 0 saturated heterocycles. The van der Waals surface area contributed by atoms with Gasteiger partial charge in [0.25, 0.3) is 5.91 Å². The molecule has 4 N–H and O–H groups in total. The molecule has 0 bridgehead atoms. The second-order valence-corrected chi connectivity index (χ2v) is 3.50. The molecule has 1 unspecified atom stereocenters. The van der Waals surface area contributed by atoms with Crippen LogP contribution in [-0.4, -0.2) is 18.0 Å². The second-order valence-electron chi connectivity index (χ2n) is 3.50. The van der Waals surface area contributed by atoms with Gasteiger partial charge in [-0.1, -0.05) is 0 Å². The van der Waals surface area contributed by atoms with Crippen molar-refractivity contribution < 1.29 is 14.3 Å². The van der Waals surface area contributed by atoms with E-state index in [-0.39, 0.29) is 5.69 Å². The van der Waals surface area contributed by atoms with E-state index in [1.54, 1.807) is 19.1 Å². The number of ether oxygens (including phenoxy) is 1. The molecule has 0 aromatic heterocycles. The number of nitrogen functional groups attached to an aromatic ring is 1. The standard InChI is InChI=1S/C10H11N3O3/c1-5-9(14)13(10(12)15)7-4-6(11)2-3-8(7)16-5/h2-5H,11H2,1H3,(H2,12,15). The molecule has 0 fully saturated rings. The SMILES string of the molecule is CC1Oc2ccc(N)cc2N(C(N)=O)C1=O. The minimum absolute atomic E-state index is 0.288. The molecule has 16 heavy (non-hydrogen) atoms. The number of carbonyl (C=O) groups is 2. The Kier molecular flexibility index (Phi) is 2.19. The predicted octanol–water partition coefficient (Wildman–Crippen LogP) is 0.461. The number of carbonyl (C=O) groups excluding carboxylic acids is 2. The van der Waals surface area contributed by atoms with Gasteiger partial charge in [-0.2, -0.15) is 0 Å². The summed E-state index contributed by atoms with van der Waals surface area (Å²) in [5.41, 5.74) is 11.4. The normalized spacial score (nSPS) is 18.9. The van der Waals surface area contributed by atoms with Crippen molar-refractivity contribution in [1.82, 2.24) is 0 Å². The first kappa shape index (κ1) is 10.3. The summed E-state index contributed by atoms with van der Waals surface area (Å²) in [5, 5.41) is 0. The Labute approximate surface area is 91.8 Å². The number of hydrogen-bond donors (Lipinski definition) is 2. The van der Waals surface area contributed by atoms with E-state index >= 15 is 0 Å². The van der Waals surface area contributed by atoms with Crippen LogP contribution in [-0.2, 0) is 4.79 Å². The molecule has 1 atom stereocenters. The Morgan fingerprint density at radius 1 is 1.50 bits per heavy atom. The molecular formula is C10H11N3O3. The van der Waals surface area contributed by atoms with Crippen molar-refractivity contribution in [2.75, 3.05) is 10.6 Å². The summed E-state index contributed by atoms with van der Waals surface area (Å²) in [6.07, 6.45) is -0.733. The number of benzene rings is 1. The number of imide groups is 1. The van der Waals surface area contributed by atoms with E-state index in [0.717, 1.165) is 4.90 Å². The van der Waals surface area contributed by atoms with Gasteiger partial charge in [0.15, 0.2) is 6.10 Å². The fraction of sp³-hybridized carbons (Fsp3) is 0.200. The molecule has 1 aliphatic heterocycles. The third-order valence-electron chi connectivity index (χ3n) is 2.32. The molecule has 84 valence electrons. The minimum atomic E-state index is -0.841. The number of amides is 3. The van der Waals surface area contributed by atoms with E-state index in [4.69, 9.17) is 16.2 Å². The van der Waals surface area contributed by atoms with E-state index < -0.39 is 18.0 Å². The lowest BCUT2D eigenvalue weighted by atomic mass is 10.2. The van der Waals surface area contributed by atoms with Crippen LogP contribution < -0.4 is 21.1 Å². The van der Waals surface area contributed by atoms with Gasteiger partial charge in [-0.15, -0.1) is 0 Å². The lowest BCUT2D eigenvalue weighted by Gasteiger charge is -2.30. The van der Waals surface area contributed by atoms with Crippen molar-refractivity contribution in [2.45, 2.75) is 13.0 Å². The van der Waals surface area contributed by atoms with Gasteiger partial charge in [0.2, 0.25) is 0 Å². The van der Waals surface area contributed by atoms with Crippen LogP contribution in [0.2, 0.25) is 0 Å². The molecule has 1 heterocycles. The van der Waals surface area contributed by atoms with Crippen LogP contribution in [0.25, 0.3) is 0 Å². The van der Waals surface area contributed by atoms with Crippen molar-refractivity contribution in [2.24, 2.45) is 5.73 Å². The fourth-order valence-electron chi connectivity index (χ4n) is 1.58. The predicted molar refractivity (Wildman–Crippen MR) is 58.0 cm³/mol. The summed E-state index contributed by atoms with van der Waals surface area (Å²) in [5.74, 6) is -0.0781. The minimum Gasteiger partial charge on any atom is -0.479 e. The summed E-state index contributed by atoms with van der Waals surface area (Å²) in [7, 11) is 0. The first-order valence-corrected chi connectivity index (χ1v) is 4.70. The Balaban J connectivity index is 2.58. The van der Waals surface area contributed by atoms with Gasteiger partial charge >= 0.3 is 6.03 Å². The van der Waals surface area contributed by atoms with E-state index in [1.807, 2.05) is 0 Å². The van der Waals surface area contributed by atoms with Crippen LogP contribution in [0.5, 0.6) is 5.75 Å². The number of primary amides is 1. The Bertz CT molecular complexity index is 472. The average molecular weight is 221 g/mol. The summed E-state index contributed by atoms with van der Waals surface area (Å²) < 4.78 is 5.32. The zero-order valence-corrected chi connectivity index (χ0v) is 8.64. The topological polar surface area (TPSA) is 98.7 Å². The number of nitrogens with zero attached hydrogens (tertiary/aromatic N) is 1. The first-order valence-electron chi connectivity index (χ1n) is 4.70. The molecule has 0 radical (unpaired) electrons. The second kappa shape index (κ2) is 3.41. The van der Waals surface area contributed by atoms with Crippen molar-refractivity contribution in [3.8, 4) is 5.75 Å². The maximum atomic E-state index is 11.7. The smallest absolute Gasteiger partial charge is 0.326 e. The van der Waals surface area contributed by atoms with Gasteiger partial charge in [-0.25, -0.2) is 9.69 Å². The van der Waals surface area contributed by atoms with Gasteiger partial charge in [0.1, 0.15) is 5.75 Å². The summed E-state index contributed by atoms with van der Waals surface area (Å²) in [6.45, 7) is 1.55. The highest BCUT2D eigenvalue weighted by Gasteiger charge is 2.34. The largest absolute Gasteiger partial charge is 0.479 e. The van der Waals surface area contributed by atoms with Crippen LogP contribution in [0.15, 0.2) is 18.2 Å². The van der Waals surface area contributed by atoms with Crippen LogP contribution in [0.1, 0.15) is 6.92 Å². The molecule has 6 heteroatoms. The van der Waals surface area contributed by atoms with Crippen LogP contribution in [0.4, 0.5) is 16.2 Å². The fourth-order valence-corrected chi connectivity index (χ4v) is 1.58. The molecule has 0 saturated carbocycles. The number of fused-ring (bicyclic) bond motifs is 1. The van der Waals surface area contributed by atoms with Crippen molar-refractivity contribution in [3.63, 3.8) is 0 Å². The monoisotopic (exact) mass is 221 g/mol. The Morgan fingerprint density at radius 2 is 2.19 bits per heavy atom. The summed E-state index contributed by atoms with van der Waals surface area (Å²) in [4.78, 5) is 23.8. The number of urea groups is 1. The van der Waals surface area contributed by atoms with E-state index in [0.29, 0.717) is 11.4 Å². The molecule has 2 rings (SSSR count).